The van der Waals surface area contributed by atoms with Crippen molar-refractivity contribution in [1.29, 1.82) is 0 Å². The van der Waals surface area contributed by atoms with E-state index < -0.39 is 6.04 Å². The van der Waals surface area contributed by atoms with Crippen LogP contribution >= 0.6 is 11.6 Å². The van der Waals surface area contributed by atoms with E-state index in [1.165, 1.54) is 12.2 Å². The number of urea groups is 1. The van der Waals surface area contributed by atoms with Crippen LogP contribution in [-0.2, 0) is 4.79 Å². The molecule has 2 unspecified atom stereocenters. The summed E-state index contributed by atoms with van der Waals surface area (Å²) in [6.07, 6.45) is 8.44. The molecule has 150 valence electrons. The summed E-state index contributed by atoms with van der Waals surface area (Å²) < 4.78 is 0. The third-order valence-corrected chi connectivity index (χ3v) is 5.79. The zero-order valence-electron chi connectivity index (χ0n) is 16.0. The second-order valence-electron chi connectivity index (χ2n) is 7.60. The molecule has 1 saturated carbocycles. The van der Waals surface area contributed by atoms with E-state index in [1.807, 2.05) is 25.1 Å². The first-order valence-electron chi connectivity index (χ1n) is 9.71. The molecule has 4 rings (SSSR count). The van der Waals surface area contributed by atoms with Crippen LogP contribution in [0.4, 0.5) is 4.79 Å². The van der Waals surface area contributed by atoms with E-state index in [9.17, 15) is 14.4 Å². The third kappa shape index (κ3) is 4.12. The summed E-state index contributed by atoms with van der Waals surface area (Å²) in [6.45, 7) is 2.60. The number of nitrogens with one attached hydrogen (secondary N) is 2. The van der Waals surface area contributed by atoms with Gasteiger partial charge in [0, 0.05) is 18.1 Å². The van der Waals surface area contributed by atoms with Gasteiger partial charge in [-0.1, -0.05) is 35.9 Å². The number of pyridine rings is 1. The molecule has 6 nitrogen and oxygen atoms in total. The highest BCUT2D eigenvalue weighted by Crippen LogP contribution is 2.34. The zero-order chi connectivity index (χ0) is 20.5. The number of allylic oxidation sites excluding steroid dienone is 2. The van der Waals surface area contributed by atoms with Crippen molar-refractivity contribution in [3.63, 3.8) is 0 Å². The fraction of sp³-hybridized carbons (Fsp3) is 0.318. The van der Waals surface area contributed by atoms with E-state index in [2.05, 4.69) is 10.3 Å². The Hall–Kier alpha value is -2.86. The molecular formula is C22H22ClN3O3. The molecule has 2 atom stereocenters. The normalized spacial score (nSPS) is 19.7. The van der Waals surface area contributed by atoms with Crippen LogP contribution in [0.15, 0.2) is 58.5 Å². The van der Waals surface area contributed by atoms with Gasteiger partial charge in [-0.2, -0.15) is 0 Å². The minimum absolute atomic E-state index is 0.103. The van der Waals surface area contributed by atoms with Crippen molar-refractivity contribution in [3.05, 3.63) is 69.6 Å². The smallest absolute Gasteiger partial charge is 0.318 e. The average Bonchev–Trinajstić information content (AvgIpc) is 3.53. The number of H-pyrrole nitrogens is 1. The lowest BCUT2D eigenvalue weighted by atomic mass is 10.0. The Labute approximate surface area is 173 Å². The summed E-state index contributed by atoms with van der Waals surface area (Å²) in [7, 11) is 0. The molecule has 0 bridgehead atoms. The number of hydrogen-bond donors (Lipinski definition) is 2. The first-order chi connectivity index (χ1) is 13.9. The van der Waals surface area contributed by atoms with Crippen LogP contribution in [0.5, 0.6) is 0 Å². The Morgan fingerprint density at radius 2 is 2.00 bits per heavy atom. The number of nitrogens with zero attached hydrogens (tertiary/aromatic N) is 1. The fourth-order valence-corrected chi connectivity index (χ4v) is 3.82. The molecule has 2 aliphatic carbocycles. The molecule has 1 fully saturated rings. The Morgan fingerprint density at radius 1 is 1.28 bits per heavy atom. The average molecular weight is 412 g/mol. The summed E-state index contributed by atoms with van der Waals surface area (Å²) in [4.78, 5) is 41.4. The summed E-state index contributed by atoms with van der Waals surface area (Å²) in [5.74, 6) is 0.222. The van der Waals surface area contributed by atoms with Crippen LogP contribution in [0.2, 0.25) is 0 Å². The number of hydrogen-bond acceptors (Lipinski definition) is 3. The topological polar surface area (TPSA) is 82.3 Å². The Bertz CT molecular complexity index is 1080. The lowest BCUT2D eigenvalue weighted by Gasteiger charge is -2.31. The standard InChI is InChI=1S/C22H22ClN3O3/c1-13(18-11-24-21(28)17-5-3-2-4-16(17)18)26(12-14-6-7-14)22(29)25-15-8-9-20(27)19(23)10-15/h2-5,8-11,13-15H,6-7,12H2,1H3,(H,24,28)(H,25,29). The van der Waals surface area contributed by atoms with Gasteiger partial charge in [-0.25, -0.2) is 4.79 Å². The second-order valence-corrected chi connectivity index (χ2v) is 8.01. The van der Waals surface area contributed by atoms with Gasteiger partial charge >= 0.3 is 6.03 Å². The van der Waals surface area contributed by atoms with Crippen LogP contribution in [0.25, 0.3) is 10.8 Å². The van der Waals surface area contributed by atoms with Crippen molar-refractivity contribution < 1.29 is 9.59 Å². The maximum absolute atomic E-state index is 13.1. The van der Waals surface area contributed by atoms with Gasteiger partial charge in [-0.3, -0.25) is 9.59 Å². The number of carbonyl (C=O) groups excluding carboxylic acids is 2. The van der Waals surface area contributed by atoms with Crippen molar-refractivity contribution in [2.45, 2.75) is 31.8 Å². The number of amides is 2. The van der Waals surface area contributed by atoms with Gasteiger partial charge < -0.3 is 15.2 Å². The Morgan fingerprint density at radius 3 is 2.69 bits per heavy atom. The molecule has 0 radical (unpaired) electrons. The molecule has 1 heterocycles. The van der Waals surface area contributed by atoms with E-state index >= 15 is 0 Å². The number of benzene rings is 1. The van der Waals surface area contributed by atoms with Crippen molar-refractivity contribution in [2.24, 2.45) is 5.92 Å². The number of halogens is 1. The number of aromatic nitrogens is 1. The molecule has 7 heteroatoms. The molecule has 29 heavy (non-hydrogen) atoms. The van der Waals surface area contributed by atoms with Gasteiger partial charge in [0.15, 0.2) is 5.78 Å². The van der Waals surface area contributed by atoms with Gasteiger partial charge in [0.25, 0.3) is 5.56 Å². The van der Waals surface area contributed by atoms with Crippen LogP contribution in [0.1, 0.15) is 31.4 Å². The molecule has 0 aliphatic heterocycles. The highest BCUT2D eigenvalue weighted by atomic mass is 35.5. The Balaban J connectivity index is 1.62. The van der Waals surface area contributed by atoms with Crippen LogP contribution in [-0.4, -0.2) is 34.3 Å². The maximum atomic E-state index is 13.1. The first kappa shape index (κ1) is 19.5. The molecule has 1 aromatic heterocycles. The van der Waals surface area contributed by atoms with Crippen molar-refractivity contribution in [1.82, 2.24) is 15.2 Å². The maximum Gasteiger partial charge on any atom is 0.318 e. The van der Waals surface area contributed by atoms with Crippen LogP contribution in [0, 0.1) is 5.92 Å². The van der Waals surface area contributed by atoms with Crippen molar-refractivity contribution >= 4 is 34.2 Å². The summed E-state index contributed by atoms with van der Waals surface area (Å²) in [5, 5.41) is 4.47. The van der Waals surface area contributed by atoms with Gasteiger partial charge in [-0.15, -0.1) is 0 Å². The quantitative estimate of drug-likeness (QED) is 0.787. The second kappa shape index (κ2) is 7.87. The monoisotopic (exact) mass is 411 g/mol. The van der Waals surface area contributed by atoms with E-state index in [1.54, 1.807) is 23.2 Å². The number of ketones is 1. The summed E-state index contributed by atoms with van der Waals surface area (Å²) in [6, 6.07) is 6.49. The fourth-order valence-electron chi connectivity index (χ4n) is 3.62. The zero-order valence-corrected chi connectivity index (χ0v) is 16.8. The highest BCUT2D eigenvalue weighted by Gasteiger charge is 2.31. The molecule has 1 aromatic carbocycles. The van der Waals surface area contributed by atoms with Gasteiger partial charge in [0.2, 0.25) is 0 Å². The molecule has 2 aliphatic rings. The van der Waals surface area contributed by atoms with Gasteiger partial charge in [0.1, 0.15) is 0 Å². The predicted molar refractivity (Wildman–Crippen MR) is 113 cm³/mol. The largest absolute Gasteiger partial charge is 0.328 e. The Kier molecular flexibility index (Phi) is 5.28. The lowest BCUT2D eigenvalue weighted by molar-refractivity contribution is -0.110. The van der Waals surface area contributed by atoms with Crippen molar-refractivity contribution in [3.8, 4) is 0 Å². The molecule has 2 amide bonds. The molecule has 0 saturated heterocycles. The van der Waals surface area contributed by atoms with Gasteiger partial charge in [0.05, 0.1) is 17.1 Å². The van der Waals surface area contributed by atoms with Crippen LogP contribution in [0.3, 0.4) is 0 Å². The molecular weight excluding hydrogens is 390 g/mol. The number of carbonyl (C=O) groups is 2. The summed E-state index contributed by atoms with van der Waals surface area (Å²) >= 11 is 5.92. The summed E-state index contributed by atoms with van der Waals surface area (Å²) in [5.41, 5.74) is 0.741. The minimum Gasteiger partial charge on any atom is -0.328 e. The third-order valence-electron chi connectivity index (χ3n) is 5.48. The van der Waals surface area contributed by atoms with E-state index in [-0.39, 0.29) is 28.4 Å². The minimum atomic E-state index is -0.436. The number of fused-ring (bicyclic) bond motifs is 1. The van der Waals surface area contributed by atoms with Crippen LogP contribution < -0.4 is 10.9 Å². The molecule has 2 N–H and O–H groups in total. The van der Waals surface area contributed by atoms with Crippen molar-refractivity contribution in [2.75, 3.05) is 6.54 Å². The van der Waals surface area contributed by atoms with E-state index in [0.29, 0.717) is 17.8 Å². The number of aromatic amines is 1. The predicted octanol–water partition coefficient (Wildman–Crippen LogP) is 3.64. The van der Waals surface area contributed by atoms with Gasteiger partial charge in [-0.05, 0) is 54.9 Å². The lowest BCUT2D eigenvalue weighted by Crippen LogP contribution is -2.46. The molecule has 2 aromatic rings. The highest BCUT2D eigenvalue weighted by molar-refractivity contribution is 6.44. The number of rotatable bonds is 5. The molecule has 0 spiro atoms. The first-order valence-corrected chi connectivity index (χ1v) is 10.1. The van der Waals surface area contributed by atoms with E-state index in [4.69, 9.17) is 11.6 Å². The van der Waals surface area contributed by atoms with E-state index in [0.717, 1.165) is 23.8 Å². The SMILES string of the molecule is CC(c1c[nH]c(=O)c2ccccc12)N(CC1CC1)C(=O)NC1C=CC(=O)C(Cl)=C1.